The van der Waals surface area contributed by atoms with Gasteiger partial charge in [-0.2, -0.15) is 0 Å². The smallest absolute Gasteiger partial charge is 0.223 e. The molecule has 5 heteroatoms. The minimum atomic E-state index is 0.138. The zero-order valence-electron chi connectivity index (χ0n) is 14.9. The molecule has 0 aromatic rings. The average Bonchev–Trinajstić information content (AvgIpc) is 3.12. The van der Waals surface area contributed by atoms with Crippen LogP contribution in [-0.4, -0.2) is 72.3 Å². The van der Waals surface area contributed by atoms with Crippen LogP contribution >= 0.6 is 0 Å². The van der Waals surface area contributed by atoms with Gasteiger partial charge >= 0.3 is 0 Å². The monoisotopic (exact) mass is 321 g/mol. The second kappa shape index (κ2) is 8.48. The lowest BCUT2D eigenvalue weighted by Gasteiger charge is -2.34. The number of likely N-dealkylation sites (N-methyl/N-ethyl adjacent to an activating group) is 1. The van der Waals surface area contributed by atoms with Crippen molar-refractivity contribution in [3.63, 3.8) is 0 Å². The summed E-state index contributed by atoms with van der Waals surface area (Å²) in [5.41, 5.74) is 1.30. The molecule has 1 saturated heterocycles. The van der Waals surface area contributed by atoms with Crippen LogP contribution in [0.1, 0.15) is 46.0 Å². The molecule has 2 aliphatic rings. The van der Waals surface area contributed by atoms with E-state index < -0.39 is 0 Å². The van der Waals surface area contributed by atoms with Gasteiger partial charge in [0, 0.05) is 52.6 Å². The minimum Gasteiger partial charge on any atom is -0.343 e. The molecule has 2 amide bonds. The summed E-state index contributed by atoms with van der Waals surface area (Å²) in [5, 5.41) is 0. The molecule has 1 atom stereocenters. The van der Waals surface area contributed by atoms with Crippen LogP contribution in [0.2, 0.25) is 0 Å². The Kier molecular flexibility index (Phi) is 6.63. The van der Waals surface area contributed by atoms with Crippen LogP contribution in [-0.2, 0) is 9.59 Å². The predicted molar refractivity (Wildman–Crippen MR) is 92.1 cm³/mol. The lowest BCUT2D eigenvalue weighted by atomic mass is 10.0. The van der Waals surface area contributed by atoms with E-state index in [1.165, 1.54) is 5.57 Å². The fourth-order valence-corrected chi connectivity index (χ4v) is 3.42. The zero-order valence-corrected chi connectivity index (χ0v) is 14.9. The predicted octanol–water partition coefficient (Wildman–Crippen LogP) is 1.89. The Morgan fingerprint density at radius 2 is 1.96 bits per heavy atom. The van der Waals surface area contributed by atoms with Gasteiger partial charge in [0.15, 0.2) is 0 Å². The maximum atomic E-state index is 12.2. The number of rotatable bonds is 6. The number of hydrogen-bond donors (Lipinski definition) is 0. The third-order valence-corrected chi connectivity index (χ3v) is 5.17. The van der Waals surface area contributed by atoms with Crippen molar-refractivity contribution in [2.45, 2.75) is 52.0 Å². The summed E-state index contributed by atoms with van der Waals surface area (Å²) in [5.74, 6) is 0.477. The van der Waals surface area contributed by atoms with E-state index >= 15 is 0 Å². The van der Waals surface area contributed by atoms with E-state index in [1.807, 2.05) is 23.8 Å². The van der Waals surface area contributed by atoms with Crippen LogP contribution in [0, 0.1) is 0 Å². The van der Waals surface area contributed by atoms with Crippen molar-refractivity contribution in [3.05, 3.63) is 11.6 Å². The summed E-state index contributed by atoms with van der Waals surface area (Å²) < 4.78 is 0. The van der Waals surface area contributed by atoms with Gasteiger partial charge in [-0.15, -0.1) is 0 Å². The molecule has 5 nitrogen and oxygen atoms in total. The molecular formula is C18H31N3O2. The summed E-state index contributed by atoms with van der Waals surface area (Å²) in [6.07, 6.45) is 6.73. The number of amides is 2. The summed E-state index contributed by atoms with van der Waals surface area (Å²) in [4.78, 5) is 30.2. The summed E-state index contributed by atoms with van der Waals surface area (Å²) in [6, 6.07) is 0.138. The van der Waals surface area contributed by atoms with E-state index in [0.29, 0.717) is 18.7 Å². The van der Waals surface area contributed by atoms with Gasteiger partial charge in [-0.1, -0.05) is 13.0 Å². The van der Waals surface area contributed by atoms with Gasteiger partial charge in [0.05, 0.1) is 6.04 Å². The highest BCUT2D eigenvalue weighted by Crippen LogP contribution is 2.18. The van der Waals surface area contributed by atoms with Crippen molar-refractivity contribution in [1.29, 1.82) is 0 Å². The van der Waals surface area contributed by atoms with E-state index in [0.717, 1.165) is 52.0 Å². The van der Waals surface area contributed by atoms with Crippen LogP contribution in [0.3, 0.4) is 0 Å². The summed E-state index contributed by atoms with van der Waals surface area (Å²) in [7, 11) is 1.88. The number of carbonyl (C=O) groups is 2. The van der Waals surface area contributed by atoms with Crippen LogP contribution < -0.4 is 0 Å². The normalized spacial score (nSPS) is 20.3. The summed E-state index contributed by atoms with van der Waals surface area (Å²) in [6.45, 7) is 8.57. The molecule has 2 aliphatic heterocycles. The first-order valence-electron chi connectivity index (χ1n) is 8.97. The highest BCUT2D eigenvalue weighted by Gasteiger charge is 2.23. The van der Waals surface area contributed by atoms with Crippen molar-refractivity contribution in [2.24, 2.45) is 0 Å². The quantitative estimate of drug-likeness (QED) is 0.702. The third kappa shape index (κ3) is 4.80. The van der Waals surface area contributed by atoms with E-state index in [1.54, 1.807) is 0 Å². The molecule has 1 fully saturated rings. The molecule has 2 heterocycles. The second-order valence-corrected chi connectivity index (χ2v) is 6.72. The molecule has 0 radical (unpaired) electrons. The van der Waals surface area contributed by atoms with Gasteiger partial charge in [0.2, 0.25) is 11.8 Å². The van der Waals surface area contributed by atoms with Gasteiger partial charge in [0.25, 0.3) is 0 Å². The molecule has 0 N–H and O–H groups in total. The highest BCUT2D eigenvalue weighted by atomic mass is 16.2. The topological polar surface area (TPSA) is 43.9 Å². The number of hydrogen-bond acceptors (Lipinski definition) is 3. The van der Waals surface area contributed by atoms with Crippen molar-refractivity contribution in [2.75, 3.05) is 39.8 Å². The Morgan fingerprint density at radius 3 is 2.61 bits per heavy atom. The minimum absolute atomic E-state index is 0.138. The van der Waals surface area contributed by atoms with Crippen LogP contribution in [0.5, 0.6) is 0 Å². The molecule has 0 aliphatic carbocycles. The van der Waals surface area contributed by atoms with Crippen molar-refractivity contribution in [3.8, 4) is 0 Å². The Bertz CT molecular complexity index is 455. The number of carbonyl (C=O) groups excluding carboxylic acids is 2. The van der Waals surface area contributed by atoms with E-state index in [9.17, 15) is 9.59 Å². The largest absolute Gasteiger partial charge is 0.343 e. The van der Waals surface area contributed by atoms with Crippen LogP contribution in [0.15, 0.2) is 11.6 Å². The SMILES string of the molecule is CCC(=O)N(C)[C@@H](C)C1=CCCN(CCC(=O)N2CCCC2)C1. The Morgan fingerprint density at radius 1 is 1.26 bits per heavy atom. The van der Waals surface area contributed by atoms with E-state index in [2.05, 4.69) is 17.9 Å². The first-order chi connectivity index (χ1) is 11.0. The van der Waals surface area contributed by atoms with Gasteiger partial charge in [0.1, 0.15) is 0 Å². The molecular weight excluding hydrogens is 290 g/mol. The fraction of sp³-hybridized carbons (Fsp3) is 0.778. The van der Waals surface area contributed by atoms with Crippen LogP contribution in [0.25, 0.3) is 0 Å². The Balaban J connectivity index is 1.81. The van der Waals surface area contributed by atoms with Gasteiger partial charge in [-0.05, 0) is 31.8 Å². The number of likely N-dealkylation sites (tertiary alicyclic amines) is 1. The third-order valence-electron chi connectivity index (χ3n) is 5.17. The molecule has 0 saturated carbocycles. The number of nitrogens with zero attached hydrogens (tertiary/aromatic N) is 3. The molecule has 23 heavy (non-hydrogen) atoms. The first kappa shape index (κ1) is 18.0. The second-order valence-electron chi connectivity index (χ2n) is 6.72. The molecule has 0 bridgehead atoms. The average molecular weight is 321 g/mol. The maximum absolute atomic E-state index is 12.2. The lowest BCUT2D eigenvalue weighted by Crippen LogP contribution is -2.42. The zero-order chi connectivity index (χ0) is 16.8. The fourth-order valence-electron chi connectivity index (χ4n) is 3.42. The van der Waals surface area contributed by atoms with Gasteiger partial charge < -0.3 is 9.80 Å². The van der Waals surface area contributed by atoms with E-state index in [4.69, 9.17) is 0 Å². The molecule has 0 aromatic heterocycles. The molecule has 2 rings (SSSR count). The van der Waals surface area contributed by atoms with Gasteiger partial charge in [-0.25, -0.2) is 0 Å². The molecule has 130 valence electrons. The van der Waals surface area contributed by atoms with E-state index in [-0.39, 0.29) is 11.9 Å². The first-order valence-corrected chi connectivity index (χ1v) is 8.97. The van der Waals surface area contributed by atoms with Crippen LogP contribution in [0.4, 0.5) is 0 Å². The molecule has 0 spiro atoms. The Hall–Kier alpha value is -1.36. The summed E-state index contributed by atoms with van der Waals surface area (Å²) >= 11 is 0. The van der Waals surface area contributed by atoms with Crippen molar-refractivity contribution >= 4 is 11.8 Å². The molecule has 0 unspecified atom stereocenters. The standard InChI is InChI=1S/C18H31N3O2/c1-4-17(22)19(3)15(2)16-8-7-10-20(14-16)13-9-18(23)21-11-5-6-12-21/h8,15H,4-7,9-14H2,1-3H3/t15-/m0/s1. The molecule has 0 aromatic carbocycles. The highest BCUT2D eigenvalue weighted by molar-refractivity contribution is 5.77. The van der Waals surface area contributed by atoms with Crippen molar-refractivity contribution < 1.29 is 9.59 Å². The Labute approximate surface area is 140 Å². The maximum Gasteiger partial charge on any atom is 0.223 e. The van der Waals surface area contributed by atoms with Gasteiger partial charge in [-0.3, -0.25) is 14.5 Å². The lowest BCUT2D eigenvalue weighted by molar-refractivity contribution is -0.131. The van der Waals surface area contributed by atoms with Crippen molar-refractivity contribution in [1.82, 2.24) is 14.7 Å².